The van der Waals surface area contributed by atoms with Gasteiger partial charge in [-0.15, -0.1) is 12.4 Å². The molecule has 0 saturated carbocycles. The van der Waals surface area contributed by atoms with Gasteiger partial charge in [-0.1, -0.05) is 6.92 Å². The van der Waals surface area contributed by atoms with Gasteiger partial charge in [0.25, 0.3) is 0 Å². The summed E-state index contributed by atoms with van der Waals surface area (Å²) in [7, 11) is 2.07. The number of carbonyl (C=O) groups is 1. The molecule has 1 fully saturated rings. The summed E-state index contributed by atoms with van der Waals surface area (Å²) in [5, 5.41) is 6.39. The van der Waals surface area contributed by atoms with Crippen molar-refractivity contribution in [3.8, 4) is 0 Å². The van der Waals surface area contributed by atoms with E-state index in [-0.39, 0.29) is 24.2 Å². The molecule has 0 bridgehead atoms. The molecule has 0 radical (unpaired) electrons. The minimum atomic E-state index is 0. The van der Waals surface area contributed by atoms with E-state index in [1.807, 2.05) is 0 Å². The van der Waals surface area contributed by atoms with E-state index < -0.39 is 0 Å². The van der Waals surface area contributed by atoms with E-state index in [2.05, 4.69) is 36.4 Å². The van der Waals surface area contributed by atoms with Crippen molar-refractivity contribution >= 4 is 18.3 Å². The van der Waals surface area contributed by atoms with Gasteiger partial charge in [-0.3, -0.25) is 4.79 Å². The second kappa shape index (κ2) is 8.72. The number of hydrogen-bond acceptors (Lipinski definition) is 3. The predicted octanol–water partition coefficient (Wildman–Crippen LogP) is 0.864. The van der Waals surface area contributed by atoms with Gasteiger partial charge in [-0.05, 0) is 39.9 Å². The molecule has 1 rings (SSSR count). The van der Waals surface area contributed by atoms with Gasteiger partial charge in [0.05, 0.1) is 0 Å². The lowest BCUT2D eigenvalue weighted by molar-refractivity contribution is -0.126. The molecule has 1 heterocycles. The molecule has 1 amide bonds. The fourth-order valence-corrected chi connectivity index (χ4v) is 2.04. The summed E-state index contributed by atoms with van der Waals surface area (Å²) >= 11 is 0. The molecule has 5 heteroatoms. The van der Waals surface area contributed by atoms with E-state index in [1.165, 1.54) is 0 Å². The Hall–Kier alpha value is -0.320. The standard InChI is InChI=1S/C12H25N3O.ClH/c1-4-15(3)8-7-14-12(16)11-5-6-13-10(2)9-11;/h10-11,13H,4-9H2,1-3H3,(H,14,16);1H/t10-,11-;/m0./s1. The Kier molecular flexibility index (Phi) is 8.56. The number of nitrogens with zero attached hydrogens (tertiary/aromatic N) is 1. The maximum Gasteiger partial charge on any atom is 0.223 e. The van der Waals surface area contributed by atoms with Gasteiger partial charge < -0.3 is 15.5 Å². The summed E-state index contributed by atoms with van der Waals surface area (Å²) in [6, 6.07) is 0.475. The fourth-order valence-electron chi connectivity index (χ4n) is 2.04. The zero-order valence-corrected chi connectivity index (χ0v) is 12.0. The number of likely N-dealkylation sites (N-methyl/N-ethyl adjacent to an activating group) is 1. The first-order valence-electron chi connectivity index (χ1n) is 6.33. The molecule has 1 saturated heterocycles. The number of carbonyl (C=O) groups excluding carboxylic acids is 1. The molecule has 102 valence electrons. The molecule has 17 heavy (non-hydrogen) atoms. The number of nitrogens with one attached hydrogen (secondary N) is 2. The second-order valence-electron chi connectivity index (χ2n) is 4.76. The van der Waals surface area contributed by atoms with Crippen LogP contribution in [0.1, 0.15) is 26.7 Å². The quantitative estimate of drug-likeness (QED) is 0.774. The van der Waals surface area contributed by atoms with E-state index in [1.54, 1.807) is 0 Å². The van der Waals surface area contributed by atoms with Crippen LogP contribution in [0.2, 0.25) is 0 Å². The van der Waals surface area contributed by atoms with Gasteiger partial charge in [-0.25, -0.2) is 0 Å². The maximum atomic E-state index is 11.9. The summed E-state index contributed by atoms with van der Waals surface area (Å²) in [4.78, 5) is 14.1. The van der Waals surface area contributed by atoms with Crippen LogP contribution in [0.4, 0.5) is 0 Å². The van der Waals surface area contributed by atoms with E-state index in [0.29, 0.717) is 6.04 Å². The largest absolute Gasteiger partial charge is 0.355 e. The van der Waals surface area contributed by atoms with Gasteiger partial charge in [0.2, 0.25) is 5.91 Å². The minimum Gasteiger partial charge on any atom is -0.355 e. The zero-order valence-electron chi connectivity index (χ0n) is 11.2. The van der Waals surface area contributed by atoms with Gasteiger partial charge in [-0.2, -0.15) is 0 Å². The third kappa shape index (κ3) is 6.24. The van der Waals surface area contributed by atoms with Crippen LogP contribution in [0.25, 0.3) is 0 Å². The van der Waals surface area contributed by atoms with Crippen molar-refractivity contribution in [3.63, 3.8) is 0 Å². The first kappa shape index (κ1) is 16.7. The fraction of sp³-hybridized carbons (Fsp3) is 0.917. The van der Waals surface area contributed by atoms with E-state index >= 15 is 0 Å². The van der Waals surface area contributed by atoms with Crippen LogP contribution >= 0.6 is 12.4 Å². The number of amides is 1. The van der Waals surface area contributed by atoms with Crippen molar-refractivity contribution in [3.05, 3.63) is 0 Å². The Morgan fingerprint density at radius 1 is 1.53 bits per heavy atom. The molecule has 0 aromatic rings. The summed E-state index contributed by atoms with van der Waals surface area (Å²) in [5.74, 6) is 0.445. The van der Waals surface area contributed by atoms with Crippen molar-refractivity contribution in [2.75, 3.05) is 33.2 Å². The number of rotatable bonds is 5. The van der Waals surface area contributed by atoms with Crippen LogP contribution in [0.3, 0.4) is 0 Å². The Morgan fingerprint density at radius 3 is 2.82 bits per heavy atom. The number of piperidine rings is 1. The molecule has 0 aromatic carbocycles. The highest BCUT2D eigenvalue weighted by molar-refractivity contribution is 5.85. The van der Waals surface area contributed by atoms with Crippen LogP contribution < -0.4 is 10.6 Å². The van der Waals surface area contributed by atoms with Gasteiger partial charge in [0.1, 0.15) is 0 Å². The molecular weight excluding hydrogens is 238 g/mol. The van der Waals surface area contributed by atoms with Gasteiger partial charge >= 0.3 is 0 Å². The summed E-state index contributed by atoms with van der Waals surface area (Å²) in [6.45, 7) is 7.96. The van der Waals surface area contributed by atoms with Crippen LogP contribution in [0, 0.1) is 5.92 Å². The first-order valence-corrected chi connectivity index (χ1v) is 6.33. The van der Waals surface area contributed by atoms with Crippen molar-refractivity contribution < 1.29 is 4.79 Å². The SMILES string of the molecule is CCN(C)CCNC(=O)[C@H]1CCN[C@@H](C)C1.Cl. The normalized spacial score (nSPS) is 24.2. The highest BCUT2D eigenvalue weighted by Crippen LogP contribution is 2.15. The molecule has 0 aromatic heterocycles. The summed E-state index contributed by atoms with van der Waals surface area (Å²) in [5.41, 5.74) is 0. The third-order valence-electron chi connectivity index (χ3n) is 3.33. The van der Waals surface area contributed by atoms with Crippen molar-refractivity contribution in [1.29, 1.82) is 0 Å². The highest BCUT2D eigenvalue weighted by atomic mass is 35.5. The molecule has 0 unspecified atom stereocenters. The van der Waals surface area contributed by atoms with E-state index in [9.17, 15) is 4.79 Å². The minimum absolute atomic E-state index is 0. The Morgan fingerprint density at radius 2 is 2.24 bits per heavy atom. The van der Waals surface area contributed by atoms with E-state index in [0.717, 1.165) is 39.0 Å². The maximum absolute atomic E-state index is 11.9. The second-order valence-corrected chi connectivity index (χ2v) is 4.76. The average Bonchev–Trinajstić information content (AvgIpc) is 2.28. The topological polar surface area (TPSA) is 44.4 Å². The Labute approximate surface area is 111 Å². The molecule has 4 nitrogen and oxygen atoms in total. The highest BCUT2D eigenvalue weighted by Gasteiger charge is 2.24. The lowest BCUT2D eigenvalue weighted by atomic mass is 9.92. The van der Waals surface area contributed by atoms with Crippen molar-refractivity contribution in [1.82, 2.24) is 15.5 Å². The molecule has 1 aliphatic heterocycles. The zero-order chi connectivity index (χ0) is 12.0. The number of halogens is 1. The van der Waals surface area contributed by atoms with E-state index in [4.69, 9.17) is 0 Å². The molecule has 2 N–H and O–H groups in total. The average molecular weight is 264 g/mol. The Balaban J connectivity index is 0.00000256. The summed E-state index contributed by atoms with van der Waals surface area (Å²) in [6.07, 6.45) is 1.94. The molecule has 1 aliphatic rings. The van der Waals surface area contributed by atoms with Gasteiger partial charge in [0.15, 0.2) is 0 Å². The monoisotopic (exact) mass is 263 g/mol. The smallest absolute Gasteiger partial charge is 0.223 e. The van der Waals surface area contributed by atoms with Crippen LogP contribution in [-0.4, -0.2) is 50.1 Å². The van der Waals surface area contributed by atoms with Crippen LogP contribution in [-0.2, 0) is 4.79 Å². The lowest BCUT2D eigenvalue weighted by Crippen LogP contribution is -2.43. The lowest BCUT2D eigenvalue weighted by Gasteiger charge is -2.27. The third-order valence-corrected chi connectivity index (χ3v) is 3.33. The van der Waals surface area contributed by atoms with Crippen LogP contribution in [0.15, 0.2) is 0 Å². The Bertz CT molecular complexity index is 226. The summed E-state index contributed by atoms with van der Waals surface area (Å²) < 4.78 is 0. The van der Waals surface area contributed by atoms with Crippen molar-refractivity contribution in [2.45, 2.75) is 32.7 Å². The number of hydrogen-bond donors (Lipinski definition) is 2. The van der Waals surface area contributed by atoms with Gasteiger partial charge in [0, 0.05) is 25.0 Å². The molecular formula is C12H26ClN3O. The first-order chi connectivity index (χ1) is 7.63. The predicted molar refractivity (Wildman–Crippen MR) is 73.6 cm³/mol. The molecule has 0 spiro atoms. The van der Waals surface area contributed by atoms with Crippen molar-refractivity contribution in [2.24, 2.45) is 5.92 Å². The van der Waals surface area contributed by atoms with Crippen LogP contribution in [0.5, 0.6) is 0 Å². The molecule has 0 aliphatic carbocycles. The molecule has 2 atom stereocenters.